The number of carbonyl (C=O) groups excluding carboxylic acids is 2. The number of rotatable bonds is 9. The van der Waals surface area contributed by atoms with Gasteiger partial charge in [-0.2, -0.15) is 0 Å². The number of nitrogens with one attached hydrogen (secondary N) is 2. The predicted molar refractivity (Wildman–Crippen MR) is 230 cm³/mol. The Bertz CT molecular complexity index is 2890. The molecule has 0 fully saturated rings. The number of pyridine rings is 2. The Morgan fingerprint density at radius 3 is 1.59 bits per heavy atom. The summed E-state index contributed by atoms with van der Waals surface area (Å²) in [6.07, 6.45) is 9.13. The normalized spacial score (nSPS) is 12.1. The third-order valence-corrected chi connectivity index (χ3v) is 11.9. The van der Waals surface area contributed by atoms with Crippen molar-refractivity contribution in [3.8, 4) is 22.3 Å². The molecule has 0 aliphatic heterocycles. The number of fused-ring (bicyclic) bond motifs is 2. The summed E-state index contributed by atoms with van der Waals surface area (Å²) in [5, 5.41) is 7.76. The Kier molecular flexibility index (Phi) is 12.6. The molecule has 0 radical (unpaired) electrons. The molecule has 1 atom stereocenters. The quantitative estimate of drug-likeness (QED) is 0.137. The molecule has 15 heteroatoms. The molecule has 0 aliphatic carbocycles. The molecule has 1 unspecified atom stereocenters. The molecule has 58 heavy (non-hydrogen) atoms. The first-order valence-corrected chi connectivity index (χ1v) is 22.1. The van der Waals surface area contributed by atoms with Gasteiger partial charge < -0.3 is 5.32 Å². The van der Waals surface area contributed by atoms with Gasteiger partial charge in [-0.1, -0.05) is 71.7 Å². The third-order valence-electron chi connectivity index (χ3n) is 9.25. The molecule has 2 heterocycles. The molecular formula is C43H37Cl2N5O6S2. The van der Waals surface area contributed by atoms with Gasteiger partial charge in [0.1, 0.15) is 0 Å². The number of aromatic nitrogens is 2. The Labute approximate surface area is 346 Å². The van der Waals surface area contributed by atoms with Crippen molar-refractivity contribution in [1.82, 2.24) is 25.1 Å². The van der Waals surface area contributed by atoms with Gasteiger partial charge in [0.15, 0.2) is 9.84 Å². The van der Waals surface area contributed by atoms with E-state index in [0.717, 1.165) is 60.7 Å². The van der Waals surface area contributed by atoms with Crippen LogP contribution in [-0.2, 0) is 19.9 Å². The van der Waals surface area contributed by atoms with Gasteiger partial charge in [-0.3, -0.25) is 25.0 Å². The largest absolute Gasteiger partial charge is 0.346 e. The minimum Gasteiger partial charge on any atom is -0.346 e. The molecule has 7 rings (SSSR count). The zero-order valence-corrected chi connectivity index (χ0v) is 34.8. The average molecular weight is 855 g/mol. The van der Waals surface area contributed by atoms with E-state index in [9.17, 15) is 26.4 Å². The zero-order valence-electron chi connectivity index (χ0n) is 31.6. The van der Waals surface area contributed by atoms with Crippen molar-refractivity contribution in [3.63, 3.8) is 0 Å². The second-order valence-corrected chi connectivity index (χ2v) is 18.4. The summed E-state index contributed by atoms with van der Waals surface area (Å²) in [5.74, 6) is -0.762. The molecule has 0 bridgehead atoms. The van der Waals surface area contributed by atoms with Crippen molar-refractivity contribution in [3.05, 3.63) is 161 Å². The minimum absolute atomic E-state index is 0.224. The summed E-state index contributed by atoms with van der Waals surface area (Å²) < 4.78 is 47.4. The summed E-state index contributed by atoms with van der Waals surface area (Å²) in [6, 6.07) is 31.6. The Morgan fingerprint density at radius 2 is 1.12 bits per heavy atom. The smallest absolute Gasteiger partial charge is 0.266 e. The molecule has 0 saturated heterocycles. The monoisotopic (exact) mass is 853 g/mol. The van der Waals surface area contributed by atoms with Crippen LogP contribution in [0.3, 0.4) is 0 Å². The Morgan fingerprint density at radius 1 is 0.638 bits per heavy atom. The van der Waals surface area contributed by atoms with Crippen LogP contribution >= 0.6 is 23.2 Å². The van der Waals surface area contributed by atoms with Gasteiger partial charge >= 0.3 is 0 Å². The van der Waals surface area contributed by atoms with Gasteiger partial charge in [0.2, 0.25) is 10.0 Å². The van der Waals surface area contributed by atoms with Gasteiger partial charge in [0, 0.05) is 81.2 Å². The first-order valence-electron chi connectivity index (χ1n) is 17.6. The number of nitrogens with zero attached hydrogens (tertiary/aromatic N) is 3. The number of halogens is 2. The van der Waals surface area contributed by atoms with Crippen LogP contribution < -0.4 is 10.7 Å². The van der Waals surface area contributed by atoms with Crippen LogP contribution in [0.5, 0.6) is 0 Å². The van der Waals surface area contributed by atoms with E-state index in [1.54, 1.807) is 85.5 Å². The zero-order chi connectivity index (χ0) is 41.8. The lowest BCUT2D eigenvalue weighted by molar-refractivity contribution is 0.0893. The molecule has 0 saturated carbocycles. The molecule has 296 valence electrons. The van der Waals surface area contributed by atoms with Crippen molar-refractivity contribution in [1.29, 1.82) is 0 Å². The highest BCUT2D eigenvalue weighted by Crippen LogP contribution is 2.31. The topological polar surface area (TPSA) is 156 Å². The molecule has 7 aromatic rings. The highest BCUT2D eigenvalue weighted by Gasteiger charge is 2.18. The molecule has 5 aromatic carbocycles. The number of sulfone groups is 1. The summed E-state index contributed by atoms with van der Waals surface area (Å²) >= 11 is 12.0. The highest BCUT2D eigenvalue weighted by molar-refractivity contribution is 7.90. The van der Waals surface area contributed by atoms with Crippen molar-refractivity contribution >= 4 is 76.4 Å². The van der Waals surface area contributed by atoms with E-state index in [4.69, 9.17) is 23.2 Å². The summed E-state index contributed by atoms with van der Waals surface area (Å²) in [6.45, 7) is 1.82. The number of hydrogen-bond acceptors (Lipinski definition) is 8. The van der Waals surface area contributed by atoms with E-state index >= 15 is 0 Å². The number of hydrogen-bond donors (Lipinski definition) is 2. The fourth-order valence-electron chi connectivity index (χ4n) is 6.00. The van der Waals surface area contributed by atoms with Crippen molar-refractivity contribution in [2.45, 2.75) is 17.9 Å². The van der Waals surface area contributed by atoms with Crippen LogP contribution in [0.4, 0.5) is 0 Å². The lowest BCUT2D eigenvalue weighted by Crippen LogP contribution is -2.42. The maximum Gasteiger partial charge on any atom is 0.266 e. The fourth-order valence-corrected chi connectivity index (χ4v) is 7.17. The van der Waals surface area contributed by atoms with E-state index in [0.29, 0.717) is 26.7 Å². The van der Waals surface area contributed by atoms with Gasteiger partial charge in [0.05, 0.1) is 17.2 Å². The van der Waals surface area contributed by atoms with Crippen molar-refractivity contribution in [2.24, 2.45) is 0 Å². The molecular weight excluding hydrogens is 818 g/mol. The second kappa shape index (κ2) is 17.4. The minimum atomic E-state index is -3.52. The Hall–Kier alpha value is -5.70. The van der Waals surface area contributed by atoms with Crippen LogP contribution in [0.25, 0.3) is 43.8 Å². The summed E-state index contributed by atoms with van der Waals surface area (Å²) in [5.41, 5.74) is 7.53. The first-order chi connectivity index (χ1) is 27.5. The van der Waals surface area contributed by atoms with E-state index in [-0.39, 0.29) is 16.8 Å². The molecule has 0 aliphatic rings. The van der Waals surface area contributed by atoms with Crippen LogP contribution in [0.15, 0.2) is 139 Å². The SMILES string of the molecule is CC(NC(=O)c1ccc2cncc(-c3ccc(Cl)cc3)c2c1)c1cccc(S(C)(=O)=O)c1.CN(NC(=O)c1ccc2cncc(-c3ccc(Cl)cc3)c2c1)S(C)(=O)=O. The lowest BCUT2D eigenvalue weighted by atomic mass is 9.99. The number of carbonyl (C=O) groups is 2. The van der Waals surface area contributed by atoms with Crippen molar-refractivity contribution < 1.29 is 26.4 Å². The fraction of sp³-hybridized carbons (Fsp3) is 0.116. The Balaban J connectivity index is 0.000000200. The van der Waals surface area contributed by atoms with Crippen molar-refractivity contribution in [2.75, 3.05) is 19.6 Å². The summed E-state index contributed by atoms with van der Waals surface area (Å²) in [4.78, 5) is 34.2. The van der Waals surface area contributed by atoms with Gasteiger partial charge in [-0.25, -0.2) is 16.8 Å². The van der Waals surface area contributed by atoms with E-state index < -0.39 is 25.8 Å². The van der Waals surface area contributed by atoms with E-state index in [2.05, 4.69) is 20.7 Å². The van der Waals surface area contributed by atoms with Gasteiger partial charge in [-0.05, 0) is 95.1 Å². The maximum absolute atomic E-state index is 13.0. The van der Waals surface area contributed by atoms with E-state index in [1.165, 1.54) is 7.05 Å². The number of amides is 2. The van der Waals surface area contributed by atoms with Gasteiger partial charge in [-0.15, -0.1) is 4.41 Å². The van der Waals surface area contributed by atoms with E-state index in [1.807, 2.05) is 55.5 Å². The molecule has 2 aromatic heterocycles. The highest BCUT2D eigenvalue weighted by atomic mass is 35.5. The van der Waals surface area contributed by atoms with Crippen LogP contribution in [0.1, 0.15) is 39.2 Å². The molecule has 2 amide bonds. The molecule has 11 nitrogen and oxygen atoms in total. The second-order valence-electron chi connectivity index (χ2n) is 13.5. The number of sulfonamides is 1. The first kappa shape index (κ1) is 41.9. The van der Waals surface area contributed by atoms with Crippen LogP contribution in [-0.4, -0.2) is 62.6 Å². The lowest BCUT2D eigenvalue weighted by Gasteiger charge is -2.16. The van der Waals surface area contributed by atoms with Crippen LogP contribution in [0, 0.1) is 0 Å². The maximum atomic E-state index is 13.0. The average Bonchev–Trinajstić information content (AvgIpc) is 3.20. The van der Waals surface area contributed by atoms with Gasteiger partial charge in [0.25, 0.3) is 11.8 Å². The van der Waals surface area contributed by atoms with Crippen LogP contribution in [0.2, 0.25) is 10.0 Å². The number of hydrazine groups is 1. The molecule has 2 N–H and O–H groups in total. The predicted octanol–water partition coefficient (Wildman–Crippen LogP) is 8.54. The standard InChI is InChI=1S/C25H21ClN2O3S.C18H16ClN3O3S/c1-16(18-4-3-5-22(12-18)32(2,30)31)28-25(29)19-6-7-20-14-27-15-24(23(20)13-19)17-8-10-21(26)11-9-17;1-22(26(2,24)25)21-18(23)13-3-4-14-10-20-11-17(16(14)9-13)12-5-7-15(19)8-6-12/h3-16H,1-2H3,(H,28,29);3-11H,1-2H3,(H,21,23). The number of benzene rings is 5. The third kappa shape index (κ3) is 10.0. The summed E-state index contributed by atoms with van der Waals surface area (Å²) in [7, 11) is -5.57. The molecule has 0 spiro atoms.